The lowest BCUT2D eigenvalue weighted by Gasteiger charge is -2.33. The molecule has 26 heavy (non-hydrogen) atoms. The highest BCUT2D eigenvalue weighted by atomic mass is 19.4. The van der Waals surface area contributed by atoms with Crippen molar-refractivity contribution in [3.8, 4) is 0 Å². The molecule has 2 heterocycles. The van der Waals surface area contributed by atoms with Gasteiger partial charge >= 0.3 is 12.1 Å². The maximum atomic E-state index is 13.1. The molecule has 0 aliphatic carbocycles. The summed E-state index contributed by atoms with van der Waals surface area (Å²) in [4.78, 5) is 12.8. The number of benzene rings is 1. The molecule has 0 atom stereocenters. The minimum Gasteiger partial charge on any atom is -0.476 e. The molecule has 0 radical (unpaired) electrons. The van der Waals surface area contributed by atoms with Crippen LogP contribution in [0.5, 0.6) is 0 Å². The molecule has 1 aliphatic rings. The second-order valence-electron chi connectivity index (χ2n) is 6.37. The molecule has 1 aromatic heterocycles. The number of alkyl halides is 3. The number of carbonyl (C=O) groups is 1. The van der Waals surface area contributed by atoms with Gasteiger partial charge in [0, 0.05) is 13.1 Å². The van der Waals surface area contributed by atoms with Crippen LogP contribution in [0.1, 0.15) is 34.5 Å². The number of nitrogens with zero attached hydrogens (tertiary/aromatic N) is 3. The van der Waals surface area contributed by atoms with E-state index in [4.69, 9.17) is 5.11 Å². The van der Waals surface area contributed by atoms with Gasteiger partial charge in [-0.25, -0.2) is 4.79 Å². The Morgan fingerprint density at radius 1 is 1.12 bits per heavy atom. The molecular weight excluding hydrogens is 347 g/mol. The van der Waals surface area contributed by atoms with Crippen molar-refractivity contribution in [3.63, 3.8) is 0 Å². The van der Waals surface area contributed by atoms with E-state index in [1.165, 1.54) is 12.1 Å². The highest BCUT2D eigenvalue weighted by Crippen LogP contribution is 2.34. The number of carboxylic acids is 1. The second-order valence-corrected chi connectivity index (χ2v) is 6.37. The van der Waals surface area contributed by atoms with Crippen LogP contribution in [0.3, 0.4) is 0 Å². The molecule has 1 aliphatic heterocycles. The zero-order valence-corrected chi connectivity index (χ0v) is 13.9. The van der Waals surface area contributed by atoms with Crippen LogP contribution >= 0.6 is 0 Å². The topological polar surface area (TPSA) is 66.3 Å². The molecule has 0 spiro atoms. The lowest BCUT2D eigenvalue weighted by atomic mass is 9.88. The van der Waals surface area contributed by atoms with E-state index in [-0.39, 0.29) is 11.6 Å². The van der Waals surface area contributed by atoms with Gasteiger partial charge in [0.15, 0.2) is 11.5 Å². The van der Waals surface area contributed by atoms with Crippen LogP contribution in [0.4, 0.5) is 19.0 Å². The van der Waals surface area contributed by atoms with Crippen molar-refractivity contribution < 1.29 is 23.1 Å². The Morgan fingerprint density at radius 3 is 2.38 bits per heavy atom. The number of carboxylic acid groups (broad SMARTS) is 1. The van der Waals surface area contributed by atoms with Crippen LogP contribution in [-0.4, -0.2) is 34.4 Å². The normalized spacial score (nSPS) is 15.9. The first-order chi connectivity index (χ1) is 12.3. The van der Waals surface area contributed by atoms with E-state index in [2.05, 4.69) is 10.2 Å². The first-order valence-electron chi connectivity index (χ1n) is 8.31. The van der Waals surface area contributed by atoms with E-state index >= 15 is 0 Å². The maximum Gasteiger partial charge on any atom is 0.416 e. The van der Waals surface area contributed by atoms with Gasteiger partial charge in [0.25, 0.3) is 0 Å². The van der Waals surface area contributed by atoms with E-state index in [0.29, 0.717) is 30.9 Å². The van der Waals surface area contributed by atoms with Gasteiger partial charge in [0.05, 0.1) is 5.56 Å². The van der Waals surface area contributed by atoms with Crippen LogP contribution in [-0.2, 0) is 12.6 Å². The smallest absolute Gasteiger partial charge is 0.416 e. The minimum absolute atomic E-state index is 0.118. The molecule has 8 heteroatoms. The molecule has 1 fully saturated rings. The summed E-state index contributed by atoms with van der Waals surface area (Å²) in [5.74, 6) is -0.378. The Morgan fingerprint density at radius 2 is 1.81 bits per heavy atom. The summed E-state index contributed by atoms with van der Waals surface area (Å²) >= 11 is 0. The Hall–Kier alpha value is -2.64. The summed E-state index contributed by atoms with van der Waals surface area (Å²) in [5.41, 5.74) is -0.339. The van der Waals surface area contributed by atoms with Gasteiger partial charge < -0.3 is 10.0 Å². The summed E-state index contributed by atoms with van der Waals surface area (Å²) < 4.78 is 39.3. The molecule has 0 bridgehead atoms. The quantitative estimate of drug-likeness (QED) is 0.896. The van der Waals surface area contributed by atoms with E-state index in [9.17, 15) is 18.0 Å². The van der Waals surface area contributed by atoms with E-state index in [0.717, 1.165) is 18.9 Å². The molecule has 1 aromatic carbocycles. The highest BCUT2D eigenvalue weighted by molar-refractivity contribution is 5.85. The average molecular weight is 365 g/mol. The molecule has 1 saturated heterocycles. The van der Waals surface area contributed by atoms with Crippen LogP contribution in [0.25, 0.3) is 0 Å². The van der Waals surface area contributed by atoms with Crippen molar-refractivity contribution in [1.29, 1.82) is 0 Å². The largest absolute Gasteiger partial charge is 0.476 e. The fourth-order valence-electron chi connectivity index (χ4n) is 3.26. The first kappa shape index (κ1) is 18.2. The van der Waals surface area contributed by atoms with Crippen molar-refractivity contribution in [2.24, 2.45) is 5.92 Å². The fraction of sp³-hybridized carbons (Fsp3) is 0.389. The third kappa shape index (κ3) is 4.12. The number of aromatic nitrogens is 2. The highest BCUT2D eigenvalue weighted by Gasteiger charge is 2.33. The van der Waals surface area contributed by atoms with E-state index in [1.807, 2.05) is 4.90 Å². The van der Waals surface area contributed by atoms with Gasteiger partial charge in [-0.1, -0.05) is 18.2 Å². The number of aromatic carboxylic acids is 1. The Labute approximate surface area is 148 Å². The summed E-state index contributed by atoms with van der Waals surface area (Å²) in [6.07, 6.45) is -2.45. The Kier molecular flexibility index (Phi) is 5.11. The zero-order chi connectivity index (χ0) is 18.7. The van der Waals surface area contributed by atoms with E-state index < -0.39 is 17.7 Å². The molecule has 0 unspecified atom stereocenters. The van der Waals surface area contributed by atoms with Crippen LogP contribution in [0, 0.1) is 5.92 Å². The van der Waals surface area contributed by atoms with Gasteiger partial charge in [-0.2, -0.15) is 13.2 Å². The minimum atomic E-state index is -4.33. The number of rotatable bonds is 4. The molecule has 2 aromatic rings. The monoisotopic (exact) mass is 365 g/mol. The molecular formula is C18H18F3N3O2. The van der Waals surface area contributed by atoms with Crippen LogP contribution in [0.15, 0.2) is 36.4 Å². The van der Waals surface area contributed by atoms with Gasteiger partial charge in [0.2, 0.25) is 0 Å². The molecule has 5 nitrogen and oxygen atoms in total. The Balaban J connectivity index is 1.62. The van der Waals surface area contributed by atoms with Crippen LogP contribution in [0.2, 0.25) is 0 Å². The van der Waals surface area contributed by atoms with Crippen molar-refractivity contribution in [2.45, 2.75) is 25.4 Å². The first-order valence-corrected chi connectivity index (χ1v) is 8.31. The molecule has 138 valence electrons. The van der Waals surface area contributed by atoms with Gasteiger partial charge in [-0.15, -0.1) is 10.2 Å². The summed E-state index contributed by atoms with van der Waals surface area (Å²) in [7, 11) is 0. The lowest BCUT2D eigenvalue weighted by Crippen LogP contribution is -2.35. The SMILES string of the molecule is O=C(O)c1ccc(N2CCC(Cc3ccccc3C(F)(F)F)CC2)nn1. The summed E-state index contributed by atoms with van der Waals surface area (Å²) in [5, 5.41) is 16.4. The summed E-state index contributed by atoms with van der Waals surface area (Å²) in [6.45, 7) is 1.31. The van der Waals surface area contributed by atoms with Crippen molar-refractivity contribution in [2.75, 3.05) is 18.0 Å². The number of hydrogen-bond donors (Lipinski definition) is 1. The van der Waals surface area contributed by atoms with Crippen LogP contribution < -0.4 is 4.90 Å². The number of halogens is 3. The molecule has 0 saturated carbocycles. The second kappa shape index (κ2) is 7.31. The zero-order valence-electron chi connectivity index (χ0n) is 13.9. The standard InChI is InChI=1S/C18H18F3N3O2/c19-18(20,21)14-4-2-1-3-13(14)11-12-7-9-24(10-8-12)16-6-5-15(17(25)26)22-23-16/h1-6,12H,7-11H2,(H,25,26). The maximum absolute atomic E-state index is 13.1. The molecule has 3 rings (SSSR count). The average Bonchev–Trinajstić information content (AvgIpc) is 2.62. The summed E-state index contributed by atoms with van der Waals surface area (Å²) in [6, 6.07) is 8.73. The lowest BCUT2D eigenvalue weighted by molar-refractivity contribution is -0.138. The number of anilines is 1. The van der Waals surface area contributed by atoms with Gasteiger partial charge in [-0.3, -0.25) is 0 Å². The predicted molar refractivity (Wildman–Crippen MR) is 89.1 cm³/mol. The van der Waals surface area contributed by atoms with E-state index in [1.54, 1.807) is 18.2 Å². The predicted octanol–water partition coefficient (Wildman–Crippen LogP) is 3.65. The van der Waals surface area contributed by atoms with Crippen molar-refractivity contribution in [1.82, 2.24) is 10.2 Å². The molecule has 0 amide bonds. The fourth-order valence-corrected chi connectivity index (χ4v) is 3.26. The third-order valence-electron chi connectivity index (χ3n) is 4.64. The van der Waals surface area contributed by atoms with Gasteiger partial charge in [-0.05, 0) is 48.9 Å². The van der Waals surface area contributed by atoms with Gasteiger partial charge in [0.1, 0.15) is 0 Å². The number of piperidine rings is 1. The molecule has 1 N–H and O–H groups in total. The van der Waals surface area contributed by atoms with Crippen molar-refractivity contribution >= 4 is 11.8 Å². The third-order valence-corrected chi connectivity index (χ3v) is 4.64. The van der Waals surface area contributed by atoms with Crippen molar-refractivity contribution in [3.05, 3.63) is 53.2 Å². The number of hydrogen-bond acceptors (Lipinski definition) is 4. The Bertz CT molecular complexity index is 770.